The van der Waals surface area contributed by atoms with Crippen LogP contribution in [0.3, 0.4) is 0 Å². The molecule has 2 heterocycles. The van der Waals surface area contributed by atoms with Crippen LogP contribution in [-0.2, 0) is 16.2 Å². The lowest BCUT2D eigenvalue weighted by atomic mass is 9.73. The third-order valence-corrected chi connectivity index (χ3v) is 34.6. The van der Waals surface area contributed by atoms with Gasteiger partial charge < -0.3 is 23.5 Å². The molecule has 0 saturated heterocycles. The molecule has 0 aliphatic heterocycles. The first-order chi connectivity index (χ1) is 74.3. The fourth-order valence-electron chi connectivity index (χ4n) is 28.8. The van der Waals surface area contributed by atoms with Gasteiger partial charge in [-0.2, -0.15) is 0 Å². The molecule has 0 N–H and O–H groups in total. The molecule has 3 atom stereocenters. The maximum atomic E-state index is 6.43. The highest BCUT2D eigenvalue weighted by atomic mass is 16.3. The molecule has 3 unspecified atom stereocenters. The lowest BCUT2D eigenvalue weighted by molar-refractivity contribution is 0.668. The maximum absolute atomic E-state index is 6.43. The lowest BCUT2D eigenvalue weighted by Crippen LogP contribution is -2.23. The molecule has 36 rings (SSSR count). The van der Waals surface area contributed by atoms with E-state index in [9.17, 15) is 0 Å². The highest BCUT2D eigenvalue weighted by Gasteiger charge is 2.61. The van der Waals surface area contributed by atoms with Crippen LogP contribution in [0.25, 0.3) is 198 Å². The summed E-state index contributed by atoms with van der Waals surface area (Å²) in [6, 6.07) is 191. The van der Waals surface area contributed by atoms with Gasteiger partial charge in [0.05, 0.1) is 16.2 Å². The van der Waals surface area contributed by atoms with E-state index < -0.39 is 0 Å². The van der Waals surface area contributed by atoms with Crippen LogP contribution in [0.15, 0.2) is 524 Å². The zero-order valence-corrected chi connectivity index (χ0v) is 81.2. The number of hydrogen-bond acceptors (Lipinski definition) is 5. The molecule has 0 bridgehead atoms. The number of rotatable bonds is 10. The molecule has 2 aromatic heterocycles. The number of benzene rings is 25. The Hall–Kier alpha value is -19.5. The van der Waals surface area contributed by atoms with Gasteiger partial charge in [-0.1, -0.05) is 376 Å². The predicted molar refractivity (Wildman–Crippen MR) is 619 cm³/mol. The molecule has 5 heteroatoms. The average Bonchev–Trinajstić information content (AvgIpc) is 1.48. The van der Waals surface area contributed by atoms with Crippen molar-refractivity contribution in [3.8, 4) is 111 Å². The van der Waals surface area contributed by atoms with Crippen molar-refractivity contribution < 1.29 is 8.83 Å². The SMILES string of the molecule is c1cc(-c2ccc3ccccc3c2)cc(N(c2ccc3c(c2)C24c5ccccc5-c5cccc(c52)-c2cccc-3c24)c2ccc3ccccc3c2)c1.c1ccc2c(c1)-c1cccc3c1C21c2cc(N(c4ccc5ccccc5c4)c4ccc5c(c4)oc4ccccc45)ccc2-c2cccc-3c21.c1ccc2c(c1)-c1cccc3c1C21c2cc(N(c4ccc5ccccc5c4)c4ccc5oc6ccccc6c5c4)ccc2-c2cccc-3c21. The summed E-state index contributed by atoms with van der Waals surface area (Å²) in [5, 5.41) is 14.4. The molecule has 692 valence electrons. The number of para-hydroxylation sites is 2. The summed E-state index contributed by atoms with van der Waals surface area (Å²) in [5.41, 5.74) is 56.4. The van der Waals surface area contributed by atoms with Crippen LogP contribution in [0.2, 0.25) is 0 Å². The van der Waals surface area contributed by atoms with Crippen LogP contribution in [0.5, 0.6) is 0 Å². The van der Waals surface area contributed by atoms with Gasteiger partial charge in [0.25, 0.3) is 0 Å². The van der Waals surface area contributed by atoms with Crippen LogP contribution in [-0.4, -0.2) is 0 Å². The molecule has 9 aliphatic rings. The molecule has 0 fully saturated rings. The molecule has 150 heavy (non-hydrogen) atoms. The summed E-state index contributed by atoms with van der Waals surface area (Å²) >= 11 is 0. The van der Waals surface area contributed by atoms with Crippen molar-refractivity contribution in [1.82, 2.24) is 0 Å². The molecule has 0 saturated carbocycles. The fraction of sp³-hybridized carbons (Fsp3) is 0.0207. The highest BCUT2D eigenvalue weighted by Crippen LogP contribution is 2.75. The quantitative estimate of drug-likeness (QED) is 0.136. The van der Waals surface area contributed by atoms with Crippen LogP contribution in [0.4, 0.5) is 51.2 Å². The number of fused-ring (bicyclic) bond motifs is 25. The first-order valence-electron chi connectivity index (χ1n) is 52.2. The topological polar surface area (TPSA) is 36.0 Å². The second kappa shape index (κ2) is 30.4. The highest BCUT2D eigenvalue weighted by molar-refractivity contribution is 6.14. The zero-order chi connectivity index (χ0) is 97.7. The van der Waals surface area contributed by atoms with Gasteiger partial charge in [-0.3, -0.25) is 0 Å². The Bertz CT molecular complexity index is 10600. The van der Waals surface area contributed by atoms with Crippen LogP contribution < -0.4 is 14.7 Å². The first kappa shape index (κ1) is 81.9. The molecule has 0 radical (unpaired) electrons. The van der Waals surface area contributed by atoms with Crippen LogP contribution in [0.1, 0.15) is 66.8 Å². The first-order valence-corrected chi connectivity index (χ1v) is 52.2. The Morgan fingerprint density at radius 3 is 0.773 bits per heavy atom. The van der Waals surface area contributed by atoms with E-state index in [-0.39, 0.29) is 16.2 Å². The fourth-order valence-corrected chi connectivity index (χ4v) is 28.8. The van der Waals surface area contributed by atoms with Crippen molar-refractivity contribution >= 4 is 138 Å². The normalized spacial score (nSPS) is 15.7. The molecule has 9 aliphatic carbocycles. The van der Waals surface area contributed by atoms with E-state index in [1.807, 2.05) is 12.1 Å². The van der Waals surface area contributed by atoms with E-state index in [2.05, 4.69) is 518 Å². The molecule has 27 aromatic rings. The Kier molecular flexibility index (Phi) is 16.6. The summed E-state index contributed by atoms with van der Waals surface area (Å²) < 4.78 is 12.7. The summed E-state index contributed by atoms with van der Waals surface area (Å²) in [7, 11) is 0. The molecule has 5 nitrogen and oxygen atoms in total. The maximum Gasteiger partial charge on any atom is 0.137 e. The third kappa shape index (κ3) is 10.9. The van der Waals surface area contributed by atoms with Crippen molar-refractivity contribution in [3.63, 3.8) is 0 Å². The van der Waals surface area contributed by atoms with Gasteiger partial charge in [0.15, 0.2) is 0 Å². The zero-order valence-electron chi connectivity index (χ0n) is 81.2. The second-order valence-corrected chi connectivity index (χ2v) is 41.7. The minimum atomic E-state index is -0.336. The van der Waals surface area contributed by atoms with Gasteiger partial charge in [-0.15, -0.1) is 0 Å². The van der Waals surface area contributed by atoms with E-state index >= 15 is 0 Å². The largest absolute Gasteiger partial charge is 0.456 e. The van der Waals surface area contributed by atoms with E-state index in [1.54, 1.807) is 0 Å². The summed E-state index contributed by atoms with van der Waals surface area (Å²) in [5.74, 6) is 0. The number of furan rings is 2. The minimum absolute atomic E-state index is 0.332. The van der Waals surface area contributed by atoms with E-state index in [0.29, 0.717) is 0 Å². The van der Waals surface area contributed by atoms with Crippen molar-refractivity contribution in [1.29, 1.82) is 0 Å². The monoisotopic (exact) mass is 1900 g/mol. The van der Waals surface area contributed by atoms with Gasteiger partial charge in [0.1, 0.15) is 22.3 Å². The summed E-state index contributed by atoms with van der Waals surface area (Å²) in [6.07, 6.45) is 0. The van der Waals surface area contributed by atoms with E-state index in [4.69, 9.17) is 8.83 Å². The minimum Gasteiger partial charge on any atom is -0.456 e. The Morgan fingerprint density at radius 1 is 0.127 bits per heavy atom. The smallest absolute Gasteiger partial charge is 0.137 e. The third-order valence-electron chi connectivity index (χ3n) is 34.6. The molecule has 25 aromatic carbocycles. The Morgan fingerprint density at radius 2 is 0.373 bits per heavy atom. The molecular formula is C145H85N3O2. The number of nitrogens with zero attached hydrogens (tertiary/aromatic N) is 3. The van der Waals surface area contributed by atoms with Crippen molar-refractivity contribution in [3.05, 3.63) is 582 Å². The lowest BCUT2D eigenvalue weighted by Gasteiger charge is -2.30. The number of anilines is 9. The van der Waals surface area contributed by atoms with Crippen molar-refractivity contribution in [2.24, 2.45) is 0 Å². The summed E-state index contributed by atoms with van der Waals surface area (Å²) in [6.45, 7) is 0. The summed E-state index contributed by atoms with van der Waals surface area (Å²) in [4.78, 5) is 7.29. The van der Waals surface area contributed by atoms with Gasteiger partial charge >= 0.3 is 0 Å². The van der Waals surface area contributed by atoms with Gasteiger partial charge in [-0.25, -0.2) is 0 Å². The average molecular weight is 1900 g/mol. The molecule has 3 spiro atoms. The number of hydrogen-bond donors (Lipinski definition) is 0. The van der Waals surface area contributed by atoms with Gasteiger partial charge in [0.2, 0.25) is 0 Å². The second-order valence-electron chi connectivity index (χ2n) is 41.7. The van der Waals surface area contributed by atoms with Gasteiger partial charge in [0, 0.05) is 78.8 Å². The molecular weight excluding hydrogens is 1820 g/mol. The Labute approximate surface area is 865 Å². The standard InChI is InChI=1S/C51H31N.2C47H27NO/c1-3-12-34-28-37(23-22-32(34)10-1)36-14-7-15-38(30-36)52(39-25-24-33-11-2-4-13-35(33)29-39)40-26-27-42-44-18-9-20-46-45-19-8-17-43-41-16-5-6-21-47(41)51(49(43)45,50(44)46)48(42)31-40;1-2-10-29-25-30(20-19-28(29)9-1)48(31-22-24-44-40(26-31)35-12-4-6-18-43(35)49-44)32-21-23-34-37-14-8-16-39-38-15-7-13-36-33-11-3-5-17-41(33)47(45(36)38,46(37)39)42(34)27-32;1-2-10-29-25-30(20-19-28(29)9-1)48(32-22-24-36-35-12-4-6-18-43(35)49-44(36)27-32)31-21-23-34-38-14-8-16-40-39-15-7-13-37-33-11-3-5-17-41(33)47(45(37)39,46(38)40)42(34)26-31/h1-31H;2*1-27H. The Balaban J connectivity index is 0.0000000957. The van der Waals surface area contributed by atoms with Crippen LogP contribution >= 0.6 is 0 Å². The van der Waals surface area contributed by atoms with Crippen LogP contribution in [0, 0.1) is 0 Å². The van der Waals surface area contributed by atoms with Gasteiger partial charge in [-0.05, 0) is 355 Å². The van der Waals surface area contributed by atoms with E-state index in [0.717, 1.165) is 95.1 Å². The van der Waals surface area contributed by atoms with Crippen molar-refractivity contribution in [2.75, 3.05) is 14.7 Å². The predicted octanol–water partition coefficient (Wildman–Crippen LogP) is 38.5. The van der Waals surface area contributed by atoms with Crippen molar-refractivity contribution in [2.45, 2.75) is 16.2 Å². The molecule has 0 amide bonds. The van der Waals surface area contributed by atoms with E-state index in [1.165, 1.54) is 221 Å².